The molecule has 1 saturated heterocycles. The zero-order chi connectivity index (χ0) is 24.2. The number of fused-ring (bicyclic) bond motifs is 1. The lowest BCUT2D eigenvalue weighted by atomic mass is 10.0. The van der Waals surface area contributed by atoms with E-state index in [1.54, 1.807) is 24.3 Å². The summed E-state index contributed by atoms with van der Waals surface area (Å²) in [5.41, 5.74) is 3.24. The van der Waals surface area contributed by atoms with Crippen molar-refractivity contribution in [2.45, 2.75) is 18.9 Å². The molecule has 1 aliphatic heterocycles. The predicted molar refractivity (Wildman–Crippen MR) is 137 cm³/mol. The van der Waals surface area contributed by atoms with Gasteiger partial charge in [-0.05, 0) is 49.2 Å². The molecule has 8 heteroatoms. The smallest absolute Gasteiger partial charge is 0.324 e. The van der Waals surface area contributed by atoms with Crippen LogP contribution in [-0.2, 0) is 4.79 Å². The van der Waals surface area contributed by atoms with Crippen molar-refractivity contribution in [3.05, 3.63) is 94.9 Å². The number of aromatic amines is 1. The SMILES string of the molecule is O=C(CN1CCC(n2c(=O)[nH]c3ccccc32)CC1)Nc1ccccc1C(=O)Nc1ccccc1. The molecule has 1 fully saturated rings. The largest absolute Gasteiger partial charge is 0.326 e. The molecule has 0 saturated carbocycles. The van der Waals surface area contributed by atoms with E-state index in [9.17, 15) is 14.4 Å². The van der Waals surface area contributed by atoms with E-state index in [0.717, 1.165) is 23.9 Å². The Balaban J connectivity index is 1.19. The molecule has 8 nitrogen and oxygen atoms in total. The van der Waals surface area contributed by atoms with Crippen LogP contribution in [0.2, 0.25) is 0 Å². The fourth-order valence-corrected chi connectivity index (χ4v) is 4.68. The van der Waals surface area contributed by atoms with Gasteiger partial charge in [-0.1, -0.05) is 42.5 Å². The highest BCUT2D eigenvalue weighted by Gasteiger charge is 2.25. The standard InChI is InChI=1S/C27H27N5O3/c33-25(29-22-11-5-4-10-21(22)26(34)28-19-8-2-1-3-9-19)18-31-16-14-20(15-17-31)32-24-13-7-6-12-23(24)30-27(32)35/h1-13,20H,14-18H2,(H,28,34)(H,29,33)(H,30,35). The van der Waals surface area contributed by atoms with Gasteiger partial charge in [-0.25, -0.2) is 4.79 Å². The lowest BCUT2D eigenvalue weighted by Gasteiger charge is -2.32. The van der Waals surface area contributed by atoms with E-state index in [1.807, 2.05) is 59.2 Å². The van der Waals surface area contributed by atoms with E-state index < -0.39 is 0 Å². The molecule has 1 aliphatic rings. The molecule has 0 unspecified atom stereocenters. The fourth-order valence-electron chi connectivity index (χ4n) is 4.68. The number of carbonyl (C=O) groups is 2. The number of nitrogens with zero attached hydrogens (tertiary/aromatic N) is 2. The third kappa shape index (κ3) is 5.02. The summed E-state index contributed by atoms with van der Waals surface area (Å²) in [7, 11) is 0. The van der Waals surface area contributed by atoms with Crippen LogP contribution in [0.25, 0.3) is 11.0 Å². The second kappa shape index (κ2) is 9.99. The molecule has 3 aromatic carbocycles. The Labute approximate surface area is 202 Å². The molecule has 0 atom stereocenters. The van der Waals surface area contributed by atoms with Crippen LogP contribution in [0.15, 0.2) is 83.7 Å². The number of carbonyl (C=O) groups excluding carboxylic acids is 2. The van der Waals surface area contributed by atoms with Crippen LogP contribution in [0.5, 0.6) is 0 Å². The number of rotatable bonds is 6. The molecule has 0 spiro atoms. The summed E-state index contributed by atoms with van der Waals surface area (Å²) < 4.78 is 1.84. The Morgan fingerprint density at radius 3 is 2.34 bits per heavy atom. The molecule has 4 aromatic rings. The number of benzene rings is 3. The Hall–Kier alpha value is -4.17. The minimum Gasteiger partial charge on any atom is -0.324 e. The number of anilines is 2. The second-order valence-electron chi connectivity index (χ2n) is 8.74. The van der Waals surface area contributed by atoms with E-state index in [2.05, 4.69) is 20.5 Å². The molecule has 5 rings (SSSR count). The Morgan fingerprint density at radius 2 is 1.54 bits per heavy atom. The number of piperidine rings is 1. The van der Waals surface area contributed by atoms with Gasteiger partial charge < -0.3 is 15.6 Å². The first-order chi connectivity index (χ1) is 17.1. The summed E-state index contributed by atoms with van der Waals surface area (Å²) in [4.78, 5) is 43.1. The molecule has 35 heavy (non-hydrogen) atoms. The second-order valence-corrected chi connectivity index (χ2v) is 8.74. The highest BCUT2D eigenvalue weighted by Crippen LogP contribution is 2.25. The van der Waals surface area contributed by atoms with Gasteiger partial charge in [-0.2, -0.15) is 0 Å². The topological polar surface area (TPSA) is 99.2 Å². The molecule has 0 radical (unpaired) electrons. The van der Waals surface area contributed by atoms with Crippen LogP contribution < -0.4 is 16.3 Å². The van der Waals surface area contributed by atoms with Gasteiger partial charge in [-0.15, -0.1) is 0 Å². The Kier molecular flexibility index (Phi) is 6.45. The molecule has 178 valence electrons. The molecule has 3 N–H and O–H groups in total. The van der Waals surface area contributed by atoms with Crippen molar-refractivity contribution in [3.8, 4) is 0 Å². The summed E-state index contributed by atoms with van der Waals surface area (Å²) in [6, 6.07) is 24.0. The number of H-pyrrole nitrogens is 1. The van der Waals surface area contributed by atoms with Crippen molar-refractivity contribution in [2.24, 2.45) is 0 Å². The van der Waals surface area contributed by atoms with Gasteiger partial charge in [-0.3, -0.25) is 19.1 Å². The average molecular weight is 470 g/mol. The monoisotopic (exact) mass is 469 g/mol. The minimum atomic E-state index is -0.280. The third-order valence-corrected chi connectivity index (χ3v) is 6.39. The maximum absolute atomic E-state index is 12.8. The van der Waals surface area contributed by atoms with Crippen molar-refractivity contribution >= 4 is 34.2 Å². The summed E-state index contributed by atoms with van der Waals surface area (Å²) in [5, 5.41) is 5.75. The molecule has 1 aromatic heterocycles. The van der Waals surface area contributed by atoms with Crippen LogP contribution >= 0.6 is 0 Å². The maximum atomic E-state index is 12.8. The van der Waals surface area contributed by atoms with Gasteiger partial charge in [0.05, 0.1) is 28.8 Å². The van der Waals surface area contributed by atoms with E-state index in [4.69, 9.17) is 0 Å². The quantitative estimate of drug-likeness (QED) is 0.399. The molecule has 2 heterocycles. The molecule has 0 aliphatic carbocycles. The number of imidazole rings is 1. The molecular weight excluding hydrogens is 442 g/mol. The van der Waals surface area contributed by atoms with Crippen LogP contribution in [0.3, 0.4) is 0 Å². The van der Waals surface area contributed by atoms with Crippen molar-refractivity contribution in [3.63, 3.8) is 0 Å². The van der Waals surface area contributed by atoms with Gasteiger partial charge >= 0.3 is 5.69 Å². The molecule has 0 bridgehead atoms. The summed E-state index contributed by atoms with van der Waals surface area (Å²) in [5.74, 6) is -0.454. The van der Waals surface area contributed by atoms with Gasteiger partial charge in [0.1, 0.15) is 0 Å². The zero-order valence-electron chi connectivity index (χ0n) is 19.2. The van der Waals surface area contributed by atoms with Crippen molar-refractivity contribution < 1.29 is 9.59 Å². The molecule has 2 amide bonds. The number of nitrogens with one attached hydrogen (secondary N) is 3. The maximum Gasteiger partial charge on any atom is 0.326 e. The van der Waals surface area contributed by atoms with E-state index in [1.165, 1.54) is 0 Å². The van der Waals surface area contributed by atoms with Crippen molar-refractivity contribution in [1.29, 1.82) is 0 Å². The Bertz CT molecular complexity index is 1400. The number of amides is 2. The van der Waals surface area contributed by atoms with E-state index in [0.29, 0.717) is 30.0 Å². The first-order valence-corrected chi connectivity index (χ1v) is 11.8. The molecular formula is C27H27N5O3. The Morgan fingerprint density at radius 1 is 0.857 bits per heavy atom. The lowest BCUT2D eigenvalue weighted by Crippen LogP contribution is -2.41. The number of para-hydroxylation sites is 4. The fraction of sp³-hybridized carbons (Fsp3) is 0.222. The summed E-state index contributed by atoms with van der Waals surface area (Å²) in [6.45, 7) is 1.64. The van der Waals surface area contributed by atoms with Gasteiger partial charge in [0, 0.05) is 24.8 Å². The van der Waals surface area contributed by atoms with Gasteiger partial charge in [0.2, 0.25) is 5.91 Å². The normalized spacial score (nSPS) is 14.6. The number of aromatic nitrogens is 2. The highest BCUT2D eigenvalue weighted by atomic mass is 16.2. The van der Waals surface area contributed by atoms with E-state index in [-0.39, 0.29) is 30.1 Å². The number of likely N-dealkylation sites (tertiary alicyclic amines) is 1. The minimum absolute atomic E-state index is 0.0900. The first-order valence-electron chi connectivity index (χ1n) is 11.8. The summed E-state index contributed by atoms with van der Waals surface area (Å²) >= 11 is 0. The van der Waals surface area contributed by atoms with Crippen LogP contribution in [0.4, 0.5) is 11.4 Å². The van der Waals surface area contributed by atoms with Crippen LogP contribution in [-0.4, -0.2) is 45.9 Å². The average Bonchev–Trinajstić information content (AvgIpc) is 3.21. The predicted octanol–water partition coefficient (Wildman–Crippen LogP) is 3.86. The lowest BCUT2D eigenvalue weighted by molar-refractivity contribution is -0.117. The van der Waals surface area contributed by atoms with Crippen LogP contribution in [0, 0.1) is 0 Å². The van der Waals surface area contributed by atoms with Crippen LogP contribution in [0.1, 0.15) is 29.2 Å². The number of hydrogen-bond acceptors (Lipinski definition) is 4. The van der Waals surface area contributed by atoms with Crippen molar-refractivity contribution in [1.82, 2.24) is 14.5 Å². The van der Waals surface area contributed by atoms with Crippen molar-refractivity contribution in [2.75, 3.05) is 30.3 Å². The summed E-state index contributed by atoms with van der Waals surface area (Å²) in [6.07, 6.45) is 1.57. The number of hydrogen-bond donors (Lipinski definition) is 3. The third-order valence-electron chi connectivity index (χ3n) is 6.39. The van der Waals surface area contributed by atoms with Gasteiger partial charge in [0.15, 0.2) is 0 Å². The zero-order valence-corrected chi connectivity index (χ0v) is 19.2. The first kappa shape index (κ1) is 22.6. The highest BCUT2D eigenvalue weighted by molar-refractivity contribution is 6.10. The van der Waals surface area contributed by atoms with Gasteiger partial charge in [0.25, 0.3) is 5.91 Å². The van der Waals surface area contributed by atoms with E-state index >= 15 is 0 Å².